The number of thioether (sulfide) groups is 1. The summed E-state index contributed by atoms with van der Waals surface area (Å²) < 4.78 is 18.6. The fraction of sp³-hybridized carbons (Fsp3) is 0.263. The molecule has 2 amide bonds. The fourth-order valence-electron chi connectivity index (χ4n) is 2.32. The summed E-state index contributed by atoms with van der Waals surface area (Å²) in [6.07, 6.45) is 2.51. The number of hydrogen-bond acceptors (Lipinski definition) is 5. The Labute approximate surface area is 161 Å². The summed E-state index contributed by atoms with van der Waals surface area (Å²) in [5, 5.41) is 5.39. The molecule has 0 aliphatic rings. The topological polar surface area (TPSA) is 93.4 Å². The van der Waals surface area contributed by atoms with Gasteiger partial charge in [0.1, 0.15) is 11.6 Å². The van der Waals surface area contributed by atoms with E-state index in [9.17, 15) is 14.0 Å². The van der Waals surface area contributed by atoms with Crippen LogP contribution in [0.2, 0.25) is 0 Å². The number of nitrogens with one attached hydrogen (secondary N) is 2. The van der Waals surface area contributed by atoms with Crippen molar-refractivity contribution in [2.24, 2.45) is 5.73 Å². The minimum Gasteiger partial charge on any atom is -0.495 e. The summed E-state index contributed by atoms with van der Waals surface area (Å²) >= 11 is 1.62. The Kier molecular flexibility index (Phi) is 7.63. The molecular weight excluding hydrogens is 369 g/mol. The standard InChI is InChI=1S/C19H22FN3O3S/c1-26-17-7-6-14(22-19(25)15(21)8-9-27-2)11-16(17)23-18(24)12-4-3-5-13(20)10-12/h3-7,10-11,15H,8-9,21H2,1-2H3,(H,22,25)(H,23,24). The maximum absolute atomic E-state index is 13.3. The van der Waals surface area contributed by atoms with Crippen molar-refractivity contribution in [1.29, 1.82) is 0 Å². The molecule has 6 nitrogen and oxygen atoms in total. The third kappa shape index (κ3) is 5.97. The summed E-state index contributed by atoms with van der Waals surface area (Å²) in [5.74, 6) is -0.115. The van der Waals surface area contributed by atoms with Gasteiger partial charge in [0.15, 0.2) is 0 Å². The molecule has 0 aliphatic heterocycles. The summed E-state index contributed by atoms with van der Waals surface area (Å²) in [7, 11) is 1.46. The van der Waals surface area contributed by atoms with E-state index in [2.05, 4.69) is 10.6 Å². The zero-order chi connectivity index (χ0) is 19.8. The summed E-state index contributed by atoms with van der Waals surface area (Å²) in [5.41, 5.74) is 6.85. The molecule has 1 atom stereocenters. The molecule has 0 aliphatic carbocycles. The summed E-state index contributed by atoms with van der Waals surface area (Å²) in [4.78, 5) is 24.5. The van der Waals surface area contributed by atoms with E-state index in [4.69, 9.17) is 10.5 Å². The van der Waals surface area contributed by atoms with Crippen LogP contribution in [0.1, 0.15) is 16.8 Å². The van der Waals surface area contributed by atoms with Crippen molar-refractivity contribution >= 4 is 35.0 Å². The zero-order valence-corrected chi connectivity index (χ0v) is 15.9. The predicted molar refractivity (Wildman–Crippen MR) is 107 cm³/mol. The summed E-state index contributed by atoms with van der Waals surface area (Å²) in [6, 6.07) is 9.56. The largest absolute Gasteiger partial charge is 0.495 e. The van der Waals surface area contributed by atoms with Crippen LogP contribution in [-0.4, -0.2) is 37.0 Å². The Morgan fingerprint density at radius 2 is 2.00 bits per heavy atom. The first-order valence-electron chi connectivity index (χ1n) is 8.25. The van der Waals surface area contributed by atoms with Crippen molar-refractivity contribution in [2.75, 3.05) is 29.8 Å². The van der Waals surface area contributed by atoms with E-state index in [0.29, 0.717) is 23.5 Å². The van der Waals surface area contributed by atoms with Crippen LogP contribution in [0.25, 0.3) is 0 Å². The van der Waals surface area contributed by atoms with Crippen molar-refractivity contribution in [1.82, 2.24) is 0 Å². The third-order valence-electron chi connectivity index (χ3n) is 3.77. The van der Waals surface area contributed by atoms with Gasteiger partial charge in [-0.05, 0) is 54.8 Å². The number of hydrogen-bond donors (Lipinski definition) is 3. The third-order valence-corrected chi connectivity index (χ3v) is 4.42. The lowest BCUT2D eigenvalue weighted by Gasteiger charge is -2.15. The number of methoxy groups -OCH3 is 1. The molecule has 4 N–H and O–H groups in total. The van der Waals surface area contributed by atoms with Crippen molar-refractivity contribution in [3.05, 3.63) is 53.8 Å². The maximum atomic E-state index is 13.3. The second-order valence-corrected chi connectivity index (χ2v) is 6.74. The molecule has 0 spiro atoms. The number of halogens is 1. The van der Waals surface area contributed by atoms with Gasteiger partial charge in [0.05, 0.1) is 18.8 Å². The normalized spacial score (nSPS) is 11.6. The van der Waals surface area contributed by atoms with Gasteiger partial charge in [0, 0.05) is 11.3 Å². The molecule has 0 radical (unpaired) electrons. The Bertz CT molecular complexity index is 817. The van der Waals surface area contributed by atoms with Gasteiger partial charge in [-0.1, -0.05) is 6.07 Å². The van der Waals surface area contributed by atoms with Crippen LogP contribution in [0.4, 0.5) is 15.8 Å². The van der Waals surface area contributed by atoms with Crippen LogP contribution >= 0.6 is 11.8 Å². The van der Waals surface area contributed by atoms with Crippen LogP contribution in [0.15, 0.2) is 42.5 Å². The lowest BCUT2D eigenvalue weighted by atomic mass is 10.2. The first-order valence-corrected chi connectivity index (χ1v) is 9.64. The van der Waals surface area contributed by atoms with Gasteiger partial charge in [-0.2, -0.15) is 11.8 Å². The average Bonchev–Trinajstić information content (AvgIpc) is 2.66. The molecule has 27 heavy (non-hydrogen) atoms. The van der Waals surface area contributed by atoms with E-state index < -0.39 is 17.8 Å². The number of benzene rings is 2. The molecule has 2 aromatic carbocycles. The first-order chi connectivity index (χ1) is 12.9. The Hall–Kier alpha value is -2.58. The lowest BCUT2D eigenvalue weighted by Crippen LogP contribution is -2.36. The van der Waals surface area contributed by atoms with Crippen LogP contribution in [0.5, 0.6) is 5.75 Å². The quantitative estimate of drug-likeness (QED) is 0.643. The Morgan fingerprint density at radius 1 is 1.22 bits per heavy atom. The highest BCUT2D eigenvalue weighted by molar-refractivity contribution is 7.98. The van der Waals surface area contributed by atoms with Crippen LogP contribution < -0.4 is 21.1 Å². The van der Waals surface area contributed by atoms with E-state index in [1.165, 1.54) is 25.3 Å². The van der Waals surface area contributed by atoms with Crippen LogP contribution in [0, 0.1) is 5.82 Å². The molecule has 8 heteroatoms. The van der Waals surface area contributed by atoms with Gasteiger partial charge < -0.3 is 21.1 Å². The van der Waals surface area contributed by atoms with Crippen molar-refractivity contribution in [3.63, 3.8) is 0 Å². The monoisotopic (exact) mass is 391 g/mol. The van der Waals surface area contributed by atoms with E-state index >= 15 is 0 Å². The lowest BCUT2D eigenvalue weighted by molar-refractivity contribution is -0.117. The smallest absolute Gasteiger partial charge is 0.255 e. The van der Waals surface area contributed by atoms with Crippen LogP contribution in [0.3, 0.4) is 0 Å². The SMILES string of the molecule is COc1ccc(NC(=O)C(N)CCSC)cc1NC(=O)c1cccc(F)c1. The van der Waals surface area contributed by atoms with Gasteiger partial charge in [-0.25, -0.2) is 4.39 Å². The number of carbonyl (C=O) groups is 2. The van der Waals surface area contributed by atoms with Crippen molar-refractivity contribution in [3.8, 4) is 5.75 Å². The molecule has 0 heterocycles. The molecule has 0 saturated carbocycles. The number of amides is 2. The Balaban J connectivity index is 2.15. The van der Waals surface area contributed by atoms with Gasteiger partial charge in [0.25, 0.3) is 5.91 Å². The van der Waals surface area contributed by atoms with E-state index in [1.807, 2.05) is 6.26 Å². The van der Waals surface area contributed by atoms with E-state index in [1.54, 1.807) is 30.0 Å². The Morgan fingerprint density at radius 3 is 2.67 bits per heavy atom. The average molecular weight is 391 g/mol. The highest BCUT2D eigenvalue weighted by Gasteiger charge is 2.15. The number of nitrogens with two attached hydrogens (primary N) is 1. The number of rotatable bonds is 8. The second kappa shape index (κ2) is 9.94. The van der Waals surface area contributed by atoms with Gasteiger partial charge in [-0.3, -0.25) is 9.59 Å². The number of anilines is 2. The van der Waals surface area contributed by atoms with E-state index in [0.717, 1.165) is 11.8 Å². The van der Waals surface area contributed by atoms with E-state index in [-0.39, 0.29) is 11.5 Å². The molecule has 2 aromatic rings. The molecule has 0 saturated heterocycles. The van der Waals surface area contributed by atoms with Gasteiger partial charge >= 0.3 is 0 Å². The molecule has 1 unspecified atom stereocenters. The molecule has 0 aromatic heterocycles. The minimum atomic E-state index is -0.620. The molecule has 2 rings (SSSR count). The summed E-state index contributed by atoms with van der Waals surface area (Å²) in [6.45, 7) is 0. The predicted octanol–water partition coefficient (Wildman–Crippen LogP) is 3.11. The van der Waals surface area contributed by atoms with Crippen LogP contribution in [-0.2, 0) is 4.79 Å². The van der Waals surface area contributed by atoms with Gasteiger partial charge in [0.2, 0.25) is 5.91 Å². The highest BCUT2D eigenvalue weighted by Crippen LogP contribution is 2.28. The highest BCUT2D eigenvalue weighted by atomic mass is 32.2. The first kappa shape index (κ1) is 20.7. The second-order valence-electron chi connectivity index (χ2n) is 5.76. The molecule has 0 bridgehead atoms. The zero-order valence-electron chi connectivity index (χ0n) is 15.1. The van der Waals surface area contributed by atoms with Crippen molar-refractivity contribution < 1.29 is 18.7 Å². The number of carbonyl (C=O) groups excluding carboxylic acids is 2. The molecule has 144 valence electrons. The molecular formula is C19H22FN3O3S. The fourth-order valence-corrected chi connectivity index (χ4v) is 2.81. The minimum absolute atomic E-state index is 0.172. The van der Waals surface area contributed by atoms with Gasteiger partial charge in [-0.15, -0.1) is 0 Å². The molecule has 0 fully saturated rings. The number of ether oxygens (including phenoxy) is 1. The maximum Gasteiger partial charge on any atom is 0.255 e. The van der Waals surface area contributed by atoms with Crippen molar-refractivity contribution in [2.45, 2.75) is 12.5 Å².